The zero-order valence-electron chi connectivity index (χ0n) is 16.4. The van der Waals surface area contributed by atoms with Crippen LogP contribution in [0.1, 0.15) is 39.5 Å². The fourth-order valence-electron chi connectivity index (χ4n) is 4.42. The van der Waals surface area contributed by atoms with Crippen LogP contribution in [0.25, 0.3) is 0 Å². The first-order valence-electron chi connectivity index (χ1n) is 10.0. The van der Waals surface area contributed by atoms with Crippen molar-refractivity contribution in [1.82, 2.24) is 5.32 Å². The maximum atomic E-state index is 13.1. The van der Waals surface area contributed by atoms with Crippen LogP contribution in [0, 0.1) is 17.8 Å². The first-order chi connectivity index (χ1) is 13.0. The SMILES string of the molecule is C=C(C)COC1CCC2C(C)=CC(=O)OC2C1C(=O)/C=C/C1CCCNC1. The summed E-state index contributed by atoms with van der Waals surface area (Å²) >= 11 is 0. The number of ether oxygens (including phenoxy) is 2. The minimum atomic E-state index is -0.455. The molecule has 0 aromatic rings. The van der Waals surface area contributed by atoms with Gasteiger partial charge >= 0.3 is 5.97 Å². The molecule has 0 bridgehead atoms. The number of carbonyl (C=O) groups is 2. The molecule has 0 amide bonds. The second-order valence-corrected chi connectivity index (χ2v) is 8.17. The first-order valence-corrected chi connectivity index (χ1v) is 10.0. The normalized spacial score (nSPS) is 33.9. The second kappa shape index (κ2) is 8.98. The van der Waals surface area contributed by atoms with Crippen LogP contribution >= 0.6 is 0 Å². The highest BCUT2D eigenvalue weighted by molar-refractivity contribution is 5.93. The number of fused-ring (bicyclic) bond motifs is 1. The van der Waals surface area contributed by atoms with E-state index in [-0.39, 0.29) is 23.8 Å². The molecule has 3 rings (SSSR count). The Morgan fingerprint density at radius 1 is 1.41 bits per heavy atom. The smallest absolute Gasteiger partial charge is 0.331 e. The van der Waals surface area contributed by atoms with Crippen LogP contribution in [-0.2, 0) is 19.1 Å². The van der Waals surface area contributed by atoms with E-state index < -0.39 is 12.0 Å². The van der Waals surface area contributed by atoms with Gasteiger partial charge in [0.05, 0.1) is 18.6 Å². The van der Waals surface area contributed by atoms with Gasteiger partial charge in [0.25, 0.3) is 0 Å². The average molecular weight is 373 g/mol. The molecule has 1 N–H and O–H groups in total. The zero-order chi connectivity index (χ0) is 19.4. The van der Waals surface area contributed by atoms with Crippen LogP contribution in [0.2, 0.25) is 0 Å². The van der Waals surface area contributed by atoms with Crippen molar-refractivity contribution in [3.63, 3.8) is 0 Å². The molecule has 5 heteroatoms. The van der Waals surface area contributed by atoms with Crippen molar-refractivity contribution < 1.29 is 19.1 Å². The summed E-state index contributed by atoms with van der Waals surface area (Å²) in [5.74, 6) is -0.320. The third kappa shape index (κ3) is 4.96. The van der Waals surface area contributed by atoms with Crippen molar-refractivity contribution in [3.05, 3.63) is 36.0 Å². The van der Waals surface area contributed by atoms with E-state index in [2.05, 4.69) is 11.9 Å². The summed E-state index contributed by atoms with van der Waals surface area (Å²) in [5, 5.41) is 3.36. The summed E-state index contributed by atoms with van der Waals surface area (Å²) < 4.78 is 11.7. The molecule has 27 heavy (non-hydrogen) atoms. The van der Waals surface area contributed by atoms with Gasteiger partial charge in [0, 0.05) is 18.5 Å². The number of hydrogen-bond acceptors (Lipinski definition) is 5. The maximum absolute atomic E-state index is 13.1. The van der Waals surface area contributed by atoms with Crippen LogP contribution in [0.5, 0.6) is 0 Å². The summed E-state index contributed by atoms with van der Waals surface area (Å²) in [6.45, 7) is 10.1. The Hall–Kier alpha value is -1.72. The van der Waals surface area contributed by atoms with Gasteiger partial charge in [-0.3, -0.25) is 4.79 Å². The summed E-state index contributed by atoms with van der Waals surface area (Å²) in [6.07, 6.45) is 8.46. The number of allylic oxidation sites excluding steroid dienone is 1. The third-order valence-electron chi connectivity index (χ3n) is 5.84. The Kier molecular flexibility index (Phi) is 6.66. The molecule has 1 saturated carbocycles. The number of carbonyl (C=O) groups excluding carboxylic acids is 2. The minimum absolute atomic E-state index is 0.00416. The van der Waals surface area contributed by atoms with Crippen molar-refractivity contribution >= 4 is 11.8 Å². The number of hydrogen-bond donors (Lipinski definition) is 1. The molecule has 2 fully saturated rings. The van der Waals surface area contributed by atoms with Crippen LogP contribution in [0.3, 0.4) is 0 Å². The molecule has 2 aliphatic heterocycles. The molecule has 0 aromatic carbocycles. The van der Waals surface area contributed by atoms with Gasteiger partial charge in [0.15, 0.2) is 5.78 Å². The van der Waals surface area contributed by atoms with Gasteiger partial charge in [-0.25, -0.2) is 4.79 Å². The molecule has 148 valence electrons. The number of piperidine rings is 1. The van der Waals surface area contributed by atoms with Gasteiger partial charge in [0.1, 0.15) is 6.10 Å². The fourth-order valence-corrected chi connectivity index (χ4v) is 4.42. The van der Waals surface area contributed by atoms with Gasteiger partial charge in [0.2, 0.25) is 0 Å². The number of ketones is 1. The van der Waals surface area contributed by atoms with E-state index in [1.165, 1.54) is 0 Å². The van der Waals surface area contributed by atoms with Crippen LogP contribution in [0.4, 0.5) is 0 Å². The molecule has 1 aliphatic carbocycles. The number of rotatable bonds is 6. The lowest BCUT2D eigenvalue weighted by Gasteiger charge is -2.43. The van der Waals surface area contributed by atoms with Gasteiger partial charge in [-0.2, -0.15) is 0 Å². The summed E-state index contributed by atoms with van der Waals surface area (Å²) in [5.41, 5.74) is 1.93. The Balaban J connectivity index is 1.78. The molecule has 0 aromatic heterocycles. The quantitative estimate of drug-likeness (QED) is 0.441. The molecular formula is C22H31NO4. The lowest BCUT2D eigenvalue weighted by Crippen LogP contribution is -2.50. The van der Waals surface area contributed by atoms with Crippen molar-refractivity contribution in [3.8, 4) is 0 Å². The minimum Gasteiger partial charge on any atom is -0.458 e. The molecule has 3 aliphatic rings. The van der Waals surface area contributed by atoms with Gasteiger partial charge in [-0.1, -0.05) is 23.8 Å². The lowest BCUT2D eigenvalue weighted by atomic mass is 9.71. The van der Waals surface area contributed by atoms with E-state index in [9.17, 15) is 9.59 Å². The molecule has 1 saturated heterocycles. The van der Waals surface area contributed by atoms with Crippen LogP contribution in [-0.4, -0.2) is 43.7 Å². The Morgan fingerprint density at radius 3 is 2.93 bits per heavy atom. The van der Waals surface area contributed by atoms with Crippen molar-refractivity contribution in [2.45, 2.75) is 51.7 Å². The van der Waals surface area contributed by atoms with Gasteiger partial charge in [-0.05, 0) is 58.1 Å². The molecular weight excluding hydrogens is 342 g/mol. The number of esters is 1. The number of nitrogens with one attached hydrogen (secondary N) is 1. The highest BCUT2D eigenvalue weighted by Crippen LogP contribution is 2.40. The van der Waals surface area contributed by atoms with Crippen molar-refractivity contribution in [2.24, 2.45) is 17.8 Å². The molecule has 5 nitrogen and oxygen atoms in total. The van der Waals surface area contributed by atoms with Crippen molar-refractivity contribution in [1.29, 1.82) is 0 Å². The summed E-state index contributed by atoms with van der Waals surface area (Å²) in [7, 11) is 0. The lowest BCUT2D eigenvalue weighted by molar-refractivity contribution is -0.164. The molecule has 0 radical (unpaired) electrons. The maximum Gasteiger partial charge on any atom is 0.331 e. The molecule has 0 spiro atoms. The average Bonchev–Trinajstić information content (AvgIpc) is 2.64. The van der Waals surface area contributed by atoms with Crippen LogP contribution < -0.4 is 5.32 Å². The standard InChI is InChI=1S/C22H31NO4/c1-14(2)13-26-19-9-7-17-15(3)11-20(25)27-22(17)21(19)18(24)8-6-16-5-4-10-23-12-16/h6,8,11,16-17,19,21-23H,1,4-5,7,9-10,12-13H2,2-3H3/b8-6+. The molecule has 5 atom stereocenters. The van der Waals surface area contributed by atoms with E-state index in [4.69, 9.17) is 9.47 Å². The van der Waals surface area contributed by atoms with Gasteiger partial charge in [-0.15, -0.1) is 0 Å². The fraction of sp³-hybridized carbons (Fsp3) is 0.636. The molecule has 5 unspecified atom stereocenters. The molecule has 2 heterocycles. The Bertz CT molecular complexity index is 645. The highest BCUT2D eigenvalue weighted by Gasteiger charge is 2.47. The van der Waals surface area contributed by atoms with E-state index in [0.29, 0.717) is 12.5 Å². The third-order valence-corrected chi connectivity index (χ3v) is 5.84. The first kappa shape index (κ1) is 20.0. The van der Waals surface area contributed by atoms with Crippen LogP contribution in [0.15, 0.2) is 36.0 Å². The Labute approximate surface area is 161 Å². The highest BCUT2D eigenvalue weighted by atomic mass is 16.5. The van der Waals surface area contributed by atoms with E-state index in [1.54, 1.807) is 12.2 Å². The largest absolute Gasteiger partial charge is 0.458 e. The van der Waals surface area contributed by atoms with Crippen molar-refractivity contribution in [2.75, 3.05) is 19.7 Å². The van der Waals surface area contributed by atoms with Gasteiger partial charge < -0.3 is 14.8 Å². The Morgan fingerprint density at radius 2 is 2.22 bits per heavy atom. The second-order valence-electron chi connectivity index (χ2n) is 8.17. The predicted octanol–water partition coefficient (Wildman–Crippen LogP) is 2.97. The topological polar surface area (TPSA) is 64.6 Å². The van der Waals surface area contributed by atoms with E-state index >= 15 is 0 Å². The van der Waals surface area contributed by atoms with E-state index in [0.717, 1.165) is 49.9 Å². The monoisotopic (exact) mass is 373 g/mol. The summed E-state index contributed by atoms with van der Waals surface area (Å²) in [4.78, 5) is 25.1. The summed E-state index contributed by atoms with van der Waals surface area (Å²) in [6, 6.07) is 0. The van der Waals surface area contributed by atoms with E-state index in [1.807, 2.05) is 19.9 Å². The predicted molar refractivity (Wildman–Crippen MR) is 104 cm³/mol. The zero-order valence-corrected chi connectivity index (χ0v) is 16.4.